The van der Waals surface area contributed by atoms with E-state index in [4.69, 9.17) is 19.2 Å². The van der Waals surface area contributed by atoms with Gasteiger partial charge in [-0.3, -0.25) is 4.79 Å². The van der Waals surface area contributed by atoms with Gasteiger partial charge in [0.1, 0.15) is 34.6 Å². The SMILES string of the molecule is CCO[C@H]1C[C@H](Oc2cc3nc(C4CCOCC4)cn3cc2NC(=O)c2cccc(C(F)F)n2)C1. The fourth-order valence-corrected chi connectivity index (χ4v) is 4.47. The van der Waals surface area contributed by atoms with E-state index >= 15 is 0 Å². The Morgan fingerprint density at radius 3 is 2.74 bits per heavy atom. The first-order chi connectivity index (χ1) is 17.0. The van der Waals surface area contributed by atoms with Crippen molar-refractivity contribution < 1.29 is 27.8 Å². The van der Waals surface area contributed by atoms with Gasteiger partial charge in [-0.25, -0.2) is 18.7 Å². The molecule has 0 bridgehead atoms. The molecule has 0 atom stereocenters. The second-order valence-corrected chi connectivity index (χ2v) is 8.86. The summed E-state index contributed by atoms with van der Waals surface area (Å²) in [5, 5.41) is 2.79. The second kappa shape index (κ2) is 10.2. The largest absolute Gasteiger partial charge is 0.488 e. The van der Waals surface area contributed by atoms with E-state index in [0.29, 0.717) is 42.8 Å². The van der Waals surface area contributed by atoms with Gasteiger partial charge in [0.2, 0.25) is 0 Å². The Morgan fingerprint density at radius 1 is 1.20 bits per heavy atom. The van der Waals surface area contributed by atoms with Gasteiger partial charge < -0.3 is 23.9 Å². The number of anilines is 1. The monoisotopic (exact) mass is 486 g/mol. The lowest BCUT2D eigenvalue weighted by atomic mass is 9.92. The topological polar surface area (TPSA) is 87.0 Å². The molecule has 35 heavy (non-hydrogen) atoms. The molecule has 1 aliphatic carbocycles. The molecule has 1 N–H and O–H groups in total. The Hall–Kier alpha value is -3.11. The number of hydrogen-bond donors (Lipinski definition) is 1. The third-order valence-corrected chi connectivity index (χ3v) is 6.44. The predicted molar refractivity (Wildman–Crippen MR) is 124 cm³/mol. The quantitative estimate of drug-likeness (QED) is 0.494. The molecule has 0 spiro atoms. The minimum Gasteiger partial charge on any atom is -0.488 e. The molecule has 1 saturated carbocycles. The highest BCUT2D eigenvalue weighted by Crippen LogP contribution is 2.35. The van der Waals surface area contributed by atoms with Crippen LogP contribution in [-0.4, -0.2) is 52.3 Å². The zero-order chi connectivity index (χ0) is 24.4. The first-order valence-electron chi connectivity index (χ1n) is 11.9. The van der Waals surface area contributed by atoms with Gasteiger partial charge in [0.25, 0.3) is 12.3 Å². The number of ether oxygens (including phenoxy) is 3. The highest BCUT2D eigenvalue weighted by Gasteiger charge is 2.32. The number of carbonyl (C=O) groups excluding carboxylic acids is 1. The van der Waals surface area contributed by atoms with E-state index in [-0.39, 0.29) is 17.9 Å². The molecule has 3 aromatic rings. The fraction of sp³-hybridized carbons (Fsp3) is 0.480. The summed E-state index contributed by atoms with van der Waals surface area (Å²) in [5.74, 6) is 0.188. The van der Waals surface area contributed by atoms with Gasteiger partial charge in [-0.05, 0) is 31.9 Å². The average molecular weight is 487 g/mol. The third-order valence-electron chi connectivity index (χ3n) is 6.44. The molecule has 10 heteroatoms. The van der Waals surface area contributed by atoms with Crippen LogP contribution in [0.3, 0.4) is 0 Å². The summed E-state index contributed by atoms with van der Waals surface area (Å²) in [4.78, 5) is 21.5. The van der Waals surface area contributed by atoms with Crippen LogP contribution in [0.2, 0.25) is 0 Å². The van der Waals surface area contributed by atoms with Gasteiger partial charge >= 0.3 is 0 Å². The smallest absolute Gasteiger partial charge is 0.280 e. The minimum atomic E-state index is -2.76. The Labute approximate surface area is 201 Å². The summed E-state index contributed by atoms with van der Waals surface area (Å²) in [6, 6.07) is 5.79. The Bertz CT molecular complexity index is 1190. The molecule has 8 nitrogen and oxygen atoms in total. The number of carbonyl (C=O) groups is 1. The number of pyridine rings is 2. The van der Waals surface area contributed by atoms with Crippen LogP contribution in [0.25, 0.3) is 5.65 Å². The standard InChI is InChI=1S/C25H28F2N4O4/c1-2-34-16-10-17(11-16)35-22-12-23-29-20(15-6-8-33-9-7-15)13-31(23)14-21(22)30-25(32)19-5-3-4-18(28-19)24(26)27/h3-5,12-17,24H,2,6-11H2,1H3,(H,30,32)/t16-,17-. The lowest BCUT2D eigenvalue weighted by molar-refractivity contribution is -0.0561. The first kappa shape index (κ1) is 23.6. The maximum absolute atomic E-state index is 13.1. The van der Waals surface area contributed by atoms with Crippen LogP contribution in [0, 0.1) is 0 Å². The Kier molecular flexibility index (Phi) is 6.92. The maximum Gasteiger partial charge on any atom is 0.280 e. The number of imidazole rings is 1. The molecule has 0 unspecified atom stereocenters. The van der Waals surface area contributed by atoms with Crippen molar-refractivity contribution in [3.63, 3.8) is 0 Å². The van der Waals surface area contributed by atoms with Crippen molar-refractivity contribution >= 4 is 17.2 Å². The maximum atomic E-state index is 13.1. The van der Waals surface area contributed by atoms with Crippen molar-refractivity contribution in [1.82, 2.24) is 14.4 Å². The van der Waals surface area contributed by atoms with Crippen LogP contribution in [-0.2, 0) is 9.47 Å². The molecule has 1 amide bonds. The van der Waals surface area contributed by atoms with E-state index in [0.717, 1.165) is 31.4 Å². The van der Waals surface area contributed by atoms with Crippen LogP contribution in [0.4, 0.5) is 14.5 Å². The Morgan fingerprint density at radius 2 is 2.00 bits per heavy atom. The number of amides is 1. The van der Waals surface area contributed by atoms with Crippen LogP contribution >= 0.6 is 0 Å². The second-order valence-electron chi connectivity index (χ2n) is 8.86. The zero-order valence-electron chi connectivity index (χ0n) is 19.5. The predicted octanol–water partition coefficient (Wildman–Crippen LogP) is 4.76. The number of aromatic nitrogens is 3. The fourth-order valence-electron chi connectivity index (χ4n) is 4.47. The van der Waals surface area contributed by atoms with E-state index in [1.165, 1.54) is 18.2 Å². The minimum absolute atomic E-state index is 0.0464. The van der Waals surface area contributed by atoms with E-state index in [2.05, 4.69) is 10.3 Å². The number of fused-ring (bicyclic) bond motifs is 1. The molecular weight excluding hydrogens is 458 g/mol. The van der Waals surface area contributed by atoms with E-state index in [1.807, 2.05) is 17.5 Å². The first-order valence-corrected chi connectivity index (χ1v) is 11.9. The molecule has 5 rings (SSSR count). The van der Waals surface area contributed by atoms with Crippen molar-refractivity contribution in [2.75, 3.05) is 25.1 Å². The molecule has 186 valence electrons. The number of nitrogens with zero attached hydrogens (tertiary/aromatic N) is 3. The highest BCUT2D eigenvalue weighted by atomic mass is 19.3. The zero-order valence-corrected chi connectivity index (χ0v) is 19.5. The van der Waals surface area contributed by atoms with Gasteiger partial charge in [-0.1, -0.05) is 6.07 Å². The van der Waals surface area contributed by atoms with Crippen LogP contribution in [0.1, 0.15) is 66.8 Å². The van der Waals surface area contributed by atoms with Gasteiger partial charge in [0.15, 0.2) is 0 Å². The molecule has 1 aliphatic heterocycles. The van der Waals surface area contributed by atoms with E-state index in [9.17, 15) is 13.6 Å². The van der Waals surface area contributed by atoms with Crippen molar-refractivity contribution in [2.45, 2.75) is 57.2 Å². The van der Waals surface area contributed by atoms with Gasteiger partial charge in [0, 0.05) is 57.0 Å². The number of alkyl halides is 2. The molecule has 2 fully saturated rings. The van der Waals surface area contributed by atoms with Crippen molar-refractivity contribution in [2.24, 2.45) is 0 Å². The van der Waals surface area contributed by atoms with Crippen LogP contribution in [0.15, 0.2) is 36.7 Å². The summed E-state index contributed by atoms with van der Waals surface area (Å²) in [6.45, 7) is 4.03. The summed E-state index contributed by atoms with van der Waals surface area (Å²) in [5.41, 5.74) is 1.55. The average Bonchev–Trinajstić information content (AvgIpc) is 3.26. The normalized spacial score (nSPS) is 20.7. The van der Waals surface area contributed by atoms with Crippen molar-refractivity contribution in [3.05, 3.63) is 53.7 Å². The van der Waals surface area contributed by atoms with Gasteiger partial charge in [0.05, 0.1) is 11.8 Å². The molecular formula is C25H28F2N4O4. The highest BCUT2D eigenvalue weighted by molar-refractivity contribution is 6.03. The molecule has 3 aromatic heterocycles. The van der Waals surface area contributed by atoms with E-state index in [1.54, 1.807) is 12.3 Å². The van der Waals surface area contributed by atoms with Crippen molar-refractivity contribution in [1.29, 1.82) is 0 Å². The van der Waals surface area contributed by atoms with E-state index < -0.39 is 18.0 Å². The molecule has 0 aromatic carbocycles. The summed E-state index contributed by atoms with van der Waals surface area (Å²) in [6.07, 6.45) is 4.38. The van der Waals surface area contributed by atoms with Crippen LogP contribution < -0.4 is 10.1 Å². The van der Waals surface area contributed by atoms with Gasteiger partial charge in [-0.2, -0.15) is 0 Å². The Balaban J connectivity index is 1.42. The lowest BCUT2D eigenvalue weighted by Crippen LogP contribution is -2.39. The molecule has 4 heterocycles. The third kappa shape index (κ3) is 5.28. The number of hydrogen-bond acceptors (Lipinski definition) is 6. The number of halogens is 2. The lowest BCUT2D eigenvalue weighted by Gasteiger charge is -2.35. The molecule has 2 aliphatic rings. The summed E-state index contributed by atoms with van der Waals surface area (Å²) < 4.78 is 45.3. The molecule has 1 saturated heterocycles. The summed E-state index contributed by atoms with van der Waals surface area (Å²) in [7, 11) is 0. The number of rotatable bonds is 8. The van der Waals surface area contributed by atoms with Gasteiger partial charge in [-0.15, -0.1) is 0 Å². The summed E-state index contributed by atoms with van der Waals surface area (Å²) >= 11 is 0. The van der Waals surface area contributed by atoms with Crippen molar-refractivity contribution in [3.8, 4) is 5.75 Å². The molecule has 0 radical (unpaired) electrons. The van der Waals surface area contributed by atoms with Crippen LogP contribution in [0.5, 0.6) is 5.75 Å². The number of nitrogens with one attached hydrogen (secondary N) is 1.